The molecule has 1 aliphatic heterocycles. The molecule has 1 fully saturated rings. The summed E-state index contributed by atoms with van der Waals surface area (Å²) in [4.78, 5) is 6.08. The highest BCUT2D eigenvalue weighted by Crippen LogP contribution is 2.34. The van der Waals surface area contributed by atoms with E-state index in [4.69, 9.17) is 0 Å². The van der Waals surface area contributed by atoms with Crippen molar-refractivity contribution in [2.75, 3.05) is 39.3 Å². The minimum absolute atomic E-state index is 0.305. The lowest BCUT2D eigenvalue weighted by Gasteiger charge is -2.34. The number of hydrogen-bond acceptors (Lipinski definition) is 5. The molecule has 0 saturated carbocycles. The number of hydrogen-bond donors (Lipinski definition) is 1. The maximum absolute atomic E-state index is 10.4. The fraction of sp³-hybridized carbons (Fsp3) is 0.750. The van der Waals surface area contributed by atoms with Gasteiger partial charge in [-0.2, -0.15) is 0 Å². The van der Waals surface area contributed by atoms with E-state index in [0.29, 0.717) is 5.25 Å². The first kappa shape index (κ1) is 17.3. The van der Waals surface area contributed by atoms with Crippen molar-refractivity contribution in [3.63, 3.8) is 0 Å². The smallest absolute Gasteiger partial charge is 0.0894 e. The van der Waals surface area contributed by atoms with Crippen molar-refractivity contribution in [2.45, 2.75) is 42.8 Å². The van der Waals surface area contributed by atoms with Gasteiger partial charge in [0.25, 0.3) is 0 Å². The zero-order valence-corrected chi connectivity index (χ0v) is 15.1. The van der Waals surface area contributed by atoms with E-state index in [1.807, 2.05) is 11.8 Å². The van der Waals surface area contributed by atoms with E-state index >= 15 is 0 Å². The minimum Gasteiger partial charge on any atom is -0.388 e. The summed E-state index contributed by atoms with van der Waals surface area (Å²) in [5.74, 6) is 0. The van der Waals surface area contributed by atoms with Gasteiger partial charge in [0, 0.05) is 42.9 Å². The summed E-state index contributed by atoms with van der Waals surface area (Å²) in [6, 6.07) is 4.24. The van der Waals surface area contributed by atoms with Gasteiger partial charge in [0.05, 0.1) is 10.3 Å². The van der Waals surface area contributed by atoms with Crippen molar-refractivity contribution in [3.8, 4) is 0 Å². The van der Waals surface area contributed by atoms with Crippen molar-refractivity contribution >= 4 is 23.1 Å². The Morgan fingerprint density at radius 1 is 1.19 bits per heavy atom. The zero-order valence-electron chi connectivity index (χ0n) is 13.4. The summed E-state index contributed by atoms with van der Waals surface area (Å²) in [6.45, 7) is 13.4. The van der Waals surface area contributed by atoms with E-state index < -0.39 is 0 Å². The molecule has 5 heteroatoms. The Balaban J connectivity index is 1.74. The normalized spacial score (nSPS) is 19.3. The Bertz CT molecular complexity index is 414. The molecule has 0 radical (unpaired) electrons. The molecule has 2 heterocycles. The number of rotatable bonds is 7. The van der Waals surface area contributed by atoms with Gasteiger partial charge in [-0.1, -0.05) is 20.8 Å². The van der Waals surface area contributed by atoms with Crippen LogP contribution in [0.4, 0.5) is 0 Å². The maximum atomic E-state index is 10.4. The lowest BCUT2D eigenvalue weighted by Crippen LogP contribution is -2.46. The molecular weight excluding hydrogens is 300 g/mol. The van der Waals surface area contributed by atoms with Crippen LogP contribution in [0.2, 0.25) is 0 Å². The van der Waals surface area contributed by atoms with Crippen LogP contribution in [-0.4, -0.2) is 59.4 Å². The fourth-order valence-electron chi connectivity index (χ4n) is 2.59. The van der Waals surface area contributed by atoms with Crippen LogP contribution in [0.3, 0.4) is 0 Å². The molecule has 0 amide bonds. The van der Waals surface area contributed by atoms with Crippen LogP contribution in [0.25, 0.3) is 0 Å². The molecule has 1 saturated heterocycles. The predicted octanol–water partition coefficient (Wildman–Crippen LogP) is 3.31. The quantitative estimate of drug-likeness (QED) is 0.777. The second kappa shape index (κ2) is 8.53. The van der Waals surface area contributed by atoms with Crippen LogP contribution in [-0.2, 0) is 0 Å². The van der Waals surface area contributed by atoms with Gasteiger partial charge in [-0.3, -0.25) is 0 Å². The van der Waals surface area contributed by atoms with Gasteiger partial charge in [0.15, 0.2) is 0 Å². The molecule has 1 atom stereocenters. The van der Waals surface area contributed by atoms with Crippen LogP contribution in [0.1, 0.15) is 38.2 Å². The second-order valence-corrected chi connectivity index (χ2v) is 8.90. The van der Waals surface area contributed by atoms with Crippen molar-refractivity contribution in [1.29, 1.82) is 0 Å². The molecule has 0 bridgehead atoms. The highest BCUT2D eigenvalue weighted by atomic mass is 32.2. The number of thioether (sulfide) groups is 1. The van der Waals surface area contributed by atoms with E-state index in [1.165, 1.54) is 17.3 Å². The topological polar surface area (TPSA) is 26.7 Å². The van der Waals surface area contributed by atoms with Crippen molar-refractivity contribution in [2.24, 2.45) is 0 Å². The Hall–Kier alpha value is -0.0700. The molecule has 1 aromatic heterocycles. The first-order chi connectivity index (χ1) is 10.1. The molecule has 1 aromatic rings. The lowest BCUT2D eigenvalue weighted by atomic mass is 10.2. The molecule has 1 unspecified atom stereocenters. The minimum atomic E-state index is -0.305. The molecule has 0 aromatic carbocycles. The number of nitrogens with zero attached hydrogens (tertiary/aromatic N) is 2. The third-order valence-corrected chi connectivity index (χ3v) is 6.27. The van der Waals surface area contributed by atoms with Crippen LogP contribution in [0.15, 0.2) is 16.3 Å². The molecule has 0 spiro atoms. The van der Waals surface area contributed by atoms with Gasteiger partial charge < -0.3 is 14.9 Å². The molecule has 120 valence electrons. The third kappa shape index (κ3) is 5.57. The highest BCUT2D eigenvalue weighted by Gasteiger charge is 2.17. The molecule has 3 nitrogen and oxygen atoms in total. The van der Waals surface area contributed by atoms with Crippen LogP contribution >= 0.6 is 23.1 Å². The maximum Gasteiger partial charge on any atom is 0.0894 e. The van der Waals surface area contributed by atoms with Crippen molar-refractivity contribution in [3.05, 3.63) is 17.0 Å². The van der Waals surface area contributed by atoms with Crippen LogP contribution < -0.4 is 0 Å². The van der Waals surface area contributed by atoms with E-state index in [1.54, 1.807) is 11.3 Å². The van der Waals surface area contributed by atoms with Gasteiger partial charge in [-0.25, -0.2) is 0 Å². The summed E-state index contributed by atoms with van der Waals surface area (Å²) in [5, 5.41) is 11.0. The van der Waals surface area contributed by atoms with E-state index in [0.717, 1.165) is 37.5 Å². The van der Waals surface area contributed by atoms with Gasteiger partial charge in [-0.05, 0) is 25.1 Å². The largest absolute Gasteiger partial charge is 0.388 e. The van der Waals surface area contributed by atoms with Crippen molar-refractivity contribution < 1.29 is 5.11 Å². The fourth-order valence-corrected chi connectivity index (χ4v) is 5.01. The molecule has 0 aliphatic carbocycles. The summed E-state index contributed by atoms with van der Waals surface area (Å²) in [5.41, 5.74) is 0. The molecule has 1 aliphatic rings. The van der Waals surface area contributed by atoms with Gasteiger partial charge in [0.2, 0.25) is 0 Å². The van der Waals surface area contributed by atoms with Gasteiger partial charge >= 0.3 is 0 Å². The van der Waals surface area contributed by atoms with E-state index in [2.05, 4.69) is 42.7 Å². The average Bonchev–Trinajstić information content (AvgIpc) is 2.93. The molecule has 1 N–H and O–H groups in total. The lowest BCUT2D eigenvalue weighted by molar-refractivity contribution is 0.106. The number of piperazine rings is 1. The van der Waals surface area contributed by atoms with E-state index in [9.17, 15) is 5.11 Å². The number of aliphatic hydroxyl groups is 1. The monoisotopic (exact) mass is 328 g/mol. The molecule has 21 heavy (non-hydrogen) atoms. The van der Waals surface area contributed by atoms with Crippen LogP contribution in [0.5, 0.6) is 0 Å². The predicted molar refractivity (Wildman–Crippen MR) is 93.4 cm³/mol. The zero-order chi connectivity index (χ0) is 15.2. The average molecular weight is 329 g/mol. The van der Waals surface area contributed by atoms with Crippen molar-refractivity contribution in [1.82, 2.24) is 9.80 Å². The highest BCUT2D eigenvalue weighted by molar-refractivity contribution is 8.01. The summed E-state index contributed by atoms with van der Waals surface area (Å²) >= 11 is 3.62. The Labute approximate surface area is 137 Å². The standard InChI is InChI=1S/C16H28N2OS2/c1-4-17-9-11-18(12-10-17)8-7-14(19)15-5-6-16(21-15)20-13(2)3/h5-6,13-14,19H,4,7-12H2,1-3H3. The Morgan fingerprint density at radius 2 is 1.86 bits per heavy atom. The summed E-state index contributed by atoms with van der Waals surface area (Å²) in [6.07, 6.45) is 0.541. The Morgan fingerprint density at radius 3 is 2.48 bits per heavy atom. The molecule has 2 rings (SSSR count). The van der Waals surface area contributed by atoms with Gasteiger partial charge in [-0.15, -0.1) is 23.1 Å². The van der Waals surface area contributed by atoms with Crippen LogP contribution in [0, 0.1) is 0 Å². The summed E-state index contributed by atoms with van der Waals surface area (Å²) < 4.78 is 1.32. The first-order valence-corrected chi connectivity index (χ1v) is 9.67. The van der Waals surface area contributed by atoms with Gasteiger partial charge in [0.1, 0.15) is 0 Å². The number of aliphatic hydroxyl groups excluding tert-OH is 1. The van der Waals surface area contributed by atoms with E-state index in [-0.39, 0.29) is 6.10 Å². The summed E-state index contributed by atoms with van der Waals surface area (Å²) in [7, 11) is 0. The SMILES string of the molecule is CCN1CCN(CCC(O)c2ccc(SC(C)C)s2)CC1. The number of likely N-dealkylation sites (N-methyl/N-ethyl adjacent to an activating group) is 1. The number of thiophene rings is 1. The third-order valence-electron chi connectivity index (χ3n) is 3.91. The second-order valence-electron chi connectivity index (χ2n) is 5.90. The first-order valence-electron chi connectivity index (χ1n) is 7.97. The Kier molecular flexibility index (Phi) is 7.02. The molecular formula is C16H28N2OS2.